The quantitative estimate of drug-likeness (QED) is 0.698. The van der Waals surface area contributed by atoms with Gasteiger partial charge in [0.1, 0.15) is 0 Å². The summed E-state index contributed by atoms with van der Waals surface area (Å²) in [4.78, 5) is 4.03. The molecule has 0 fully saturated rings. The van der Waals surface area contributed by atoms with Crippen LogP contribution in [0.2, 0.25) is 0 Å². The summed E-state index contributed by atoms with van der Waals surface area (Å²) in [7, 11) is 0. The van der Waals surface area contributed by atoms with Gasteiger partial charge in [0.15, 0.2) is 0 Å². The highest BCUT2D eigenvalue weighted by molar-refractivity contribution is 5.24. The van der Waals surface area contributed by atoms with E-state index in [9.17, 15) is 0 Å². The highest BCUT2D eigenvalue weighted by atomic mass is 14.7. The summed E-state index contributed by atoms with van der Waals surface area (Å²) in [6, 6.07) is 2.13. The Balaban J connectivity index is 2.93. The first kappa shape index (κ1) is 8.21. The number of aryl methyl sites for hydroxylation is 1. The summed E-state index contributed by atoms with van der Waals surface area (Å²) in [5.74, 6) is 0. The molecule has 0 unspecified atom stereocenters. The molecule has 11 heavy (non-hydrogen) atoms. The summed E-state index contributed by atoms with van der Waals surface area (Å²) in [5, 5.41) is 0. The Morgan fingerprint density at radius 3 is 2.91 bits per heavy atom. The molecule has 0 aliphatic rings. The highest BCUT2D eigenvalue weighted by Crippen LogP contribution is 2.15. The Kier molecular flexibility index (Phi) is 2.60. The van der Waals surface area contributed by atoms with Crippen LogP contribution in [0, 0.1) is 6.92 Å². The molecule has 0 spiro atoms. The molecular weight excluding hydrogens is 136 g/mol. The Bertz CT molecular complexity index is 233. The second-order valence-electron chi connectivity index (χ2n) is 2.75. The van der Waals surface area contributed by atoms with E-state index in [1.54, 1.807) is 6.20 Å². The molecule has 0 saturated carbocycles. The predicted octanol–water partition coefficient (Wildman–Crippen LogP) is 1.80. The van der Waals surface area contributed by atoms with E-state index in [0.717, 1.165) is 12.0 Å². The molecule has 2 N–H and O–H groups in total. The van der Waals surface area contributed by atoms with Gasteiger partial charge in [-0.1, -0.05) is 6.92 Å². The maximum Gasteiger partial charge on any atom is 0.0318 e. The van der Waals surface area contributed by atoms with Crippen molar-refractivity contribution in [2.45, 2.75) is 26.3 Å². The van der Waals surface area contributed by atoms with Gasteiger partial charge in [-0.3, -0.25) is 4.98 Å². The van der Waals surface area contributed by atoms with Gasteiger partial charge in [0, 0.05) is 18.4 Å². The monoisotopic (exact) mass is 150 g/mol. The van der Waals surface area contributed by atoms with Crippen molar-refractivity contribution >= 4 is 0 Å². The molecule has 1 rings (SSSR count). The zero-order chi connectivity index (χ0) is 8.27. The molecule has 1 atom stereocenters. The standard InChI is InChI=1S/C9H14N2/c1-3-9(10)8-6-11-5-4-7(8)2/h4-6,9H,3,10H2,1-2H3/t9-/m1/s1. The molecule has 0 aliphatic heterocycles. The maximum absolute atomic E-state index is 5.86. The highest BCUT2D eigenvalue weighted by Gasteiger charge is 2.04. The van der Waals surface area contributed by atoms with Crippen LogP contribution >= 0.6 is 0 Å². The predicted molar refractivity (Wildman–Crippen MR) is 46.2 cm³/mol. The molecule has 1 aromatic rings. The fraction of sp³-hybridized carbons (Fsp3) is 0.444. The van der Waals surface area contributed by atoms with Gasteiger partial charge in [-0.25, -0.2) is 0 Å². The molecular formula is C9H14N2. The van der Waals surface area contributed by atoms with Gasteiger partial charge in [-0.15, -0.1) is 0 Å². The molecule has 1 heterocycles. The number of pyridine rings is 1. The van der Waals surface area contributed by atoms with E-state index in [0.29, 0.717) is 0 Å². The van der Waals surface area contributed by atoms with Crippen molar-refractivity contribution in [1.29, 1.82) is 0 Å². The lowest BCUT2D eigenvalue weighted by Gasteiger charge is -2.10. The number of nitrogens with two attached hydrogens (primary N) is 1. The topological polar surface area (TPSA) is 38.9 Å². The fourth-order valence-corrected chi connectivity index (χ4v) is 1.08. The van der Waals surface area contributed by atoms with Crippen LogP contribution in [-0.4, -0.2) is 4.98 Å². The molecule has 0 aromatic carbocycles. The lowest BCUT2D eigenvalue weighted by atomic mass is 10.0. The van der Waals surface area contributed by atoms with Gasteiger partial charge in [-0.05, 0) is 30.5 Å². The van der Waals surface area contributed by atoms with Crippen LogP contribution in [0.4, 0.5) is 0 Å². The summed E-state index contributed by atoms with van der Waals surface area (Å²) >= 11 is 0. The van der Waals surface area contributed by atoms with Crippen molar-refractivity contribution in [3.05, 3.63) is 29.6 Å². The average Bonchev–Trinajstić information content (AvgIpc) is 2.04. The van der Waals surface area contributed by atoms with E-state index in [4.69, 9.17) is 5.73 Å². The molecule has 0 saturated heterocycles. The Morgan fingerprint density at radius 1 is 1.64 bits per heavy atom. The fourth-order valence-electron chi connectivity index (χ4n) is 1.08. The van der Waals surface area contributed by atoms with Gasteiger partial charge in [0.05, 0.1) is 0 Å². The lowest BCUT2D eigenvalue weighted by Crippen LogP contribution is -2.10. The van der Waals surface area contributed by atoms with Gasteiger partial charge in [-0.2, -0.15) is 0 Å². The van der Waals surface area contributed by atoms with Crippen LogP contribution in [-0.2, 0) is 0 Å². The summed E-state index contributed by atoms with van der Waals surface area (Å²) in [6.45, 7) is 4.14. The summed E-state index contributed by atoms with van der Waals surface area (Å²) in [6.07, 6.45) is 4.61. The molecule has 0 amide bonds. The van der Waals surface area contributed by atoms with Gasteiger partial charge < -0.3 is 5.73 Å². The largest absolute Gasteiger partial charge is 0.324 e. The van der Waals surface area contributed by atoms with Crippen LogP contribution in [0.5, 0.6) is 0 Å². The van der Waals surface area contributed by atoms with Crippen molar-refractivity contribution < 1.29 is 0 Å². The third-order valence-electron chi connectivity index (χ3n) is 1.92. The van der Waals surface area contributed by atoms with Crippen molar-refractivity contribution in [2.24, 2.45) is 5.73 Å². The van der Waals surface area contributed by atoms with Crippen LogP contribution in [0.15, 0.2) is 18.5 Å². The smallest absolute Gasteiger partial charge is 0.0318 e. The van der Waals surface area contributed by atoms with E-state index in [-0.39, 0.29) is 6.04 Å². The molecule has 2 nitrogen and oxygen atoms in total. The first-order valence-electron chi connectivity index (χ1n) is 3.91. The van der Waals surface area contributed by atoms with Crippen molar-refractivity contribution in [1.82, 2.24) is 4.98 Å². The molecule has 1 aromatic heterocycles. The zero-order valence-corrected chi connectivity index (χ0v) is 7.04. The van der Waals surface area contributed by atoms with Gasteiger partial charge in [0.2, 0.25) is 0 Å². The minimum atomic E-state index is 0.142. The van der Waals surface area contributed by atoms with E-state index in [1.165, 1.54) is 5.56 Å². The van der Waals surface area contributed by atoms with Gasteiger partial charge in [0.25, 0.3) is 0 Å². The lowest BCUT2D eigenvalue weighted by molar-refractivity contribution is 0.690. The average molecular weight is 150 g/mol. The number of hydrogen-bond donors (Lipinski definition) is 1. The molecule has 2 heteroatoms. The van der Waals surface area contributed by atoms with E-state index in [1.807, 2.05) is 12.3 Å². The van der Waals surface area contributed by atoms with Crippen LogP contribution in [0.3, 0.4) is 0 Å². The van der Waals surface area contributed by atoms with E-state index >= 15 is 0 Å². The van der Waals surface area contributed by atoms with Crippen molar-refractivity contribution in [3.8, 4) is 0 Å². The molecule has 60 valence electrons. The third-order valence-corrected chi connectivity index (χ3v) is 1.92. The zero-order valence-electron chi connectivity index (χ0n) is 7.04. The number of nitrogens with zero attached hydrogens (tertiary/aromatic N) is 1. The second-order valence-corrected chi connectivity index (χ2v) is 2.75. The Labute approximate surface area is 67.5 Å². The Morgan fingerprint density at radius 2 is 2.36 bits per heavy atom. The van der Waals surface area contributed by atoms with Gasteiger partial charge >= 0.3 is 0 Å². The Hall–Kier alpha value is -0.890. The number of rotatable bonds is 2. The summed E-state index contributed by atoms with van der Waals surface area (Å²) in [5.41, 5.74) is 8.25. The number of hydrogen-bond acceptors (Lipinski definition) is 2. The summed E-state index contributed by atoms with van der Waals surface area (Å²) < 4.78 is 0. The van der Waals surface area contributed by atoms with Crippen molar-refractivity contribution in [2.75, 3.05) is 0 Å². The third kappa shape index (κ3) is 1.77. The minimum absolute atomic E-state index is 0.142. The molecule has 0 bridgehead atoms. The number of aromatic nitrogens is 1. The molecule has 0 radical (unpaired) electrons. The van der Waals surface area contributed by atoms with Crippen LogP contribution in [0.1, 0.15) is 30.5 Å². The second kappa shape index (κ2) is 3.49. The van der Waals surface area contributed by atoms with Crippen LogP contribution < -0.4 is 5.73 Å². The SMILES string of the molecule is CC[C@@H](N)c1cnccc1C. The maximum atomic E-state index is 5.86. The van der Waals surface area contributed by atoms with Crippen molar-refractivity contribution in [3.63, 3.8) is 0 Å². The normalized spacial score (nSPS) is 13.0. The first-order valence-corrected chi connectivity index (χ1v) is 3.91. The molecule has 0 aliphatic carbocycles. The van der Waals surface area contributed by atoms with Crippen LogP contribution in [0.25, 0.3) is 0 Å². The first-order chi connectivity index (χ1) is 5.25. The van der Waals surface area contributed by atoms with E-state index < -0.39 is 0 Å². The van der Waals surface area contributed by atoms with E-state index in [2.05, 4.69) is 18.8 Å². The minimum Gasteiger partial charge on any atom is -0.324 e.